The highest BCUT2D eigenvalue weighted by molar-refractivity contribution is 8.02. The molecule has 1 aliphatic heterocycles. The molecule has 1 aromatic rings. The second-order valence-corrected chi connectivity index (χ2v) is 9.21. The number of carbonyl (C=O) groups is 2. The second-order valence-electron chi connectivity index (χ2n) is 5.70. The van der Waals surface area contributed by atoms with E-state index in [1.807, 2.05) is 37.3 Å². The van der Waals surface area contributed by atoms with Gasteiger partial charge in [0.05, 0.1) is 23.3 Å². The van der Waals surface area contributed by atoms with Gasteiger partial charge in [-0.1, -0.05) is 30.3 Å². The van der Waals surface area contributed by atoms with Gasteiger partial charge in [-0.2, -0.15) is 0 Å². The van der Waals surface area contributed by atoms with Crippen molar-refractivity contribution < 1.29 is 22.7 Å². The number of carbonyl (C=O) groups excluding carboxylic acids is 2. The third-order valence-electron chi connectivity index (χ3n) is 3.67. The molecule has 6 nitrogen and oxygen atoms in total. The van der Waals surface area contributed by atoms with E-state index in [9.17, 15) is 18.0 Å². The van der Waals surface area contributed by atoms with Crippen LogP contribution in [0, 0.1) is 0 Å². The molecule has 1 aromatic carbocycles. The summed E-state index contributed by atoms with van der Waals surface area (Å²) in [6, 6.07) is 9.31. The Hall–Kier alpha value is -1.54. The van der Waals surface area contributed by atoms with Gasteiger partial charge in [0, 0.05) is 5.25 Å². The molecule has 0 radical (unpaired) electrons. The molecule has 0 aliphatic carbocycles. The lowest BCUT2D eigenvalue weighted by Gasteiger charge is -2.14. The summed E-state index contributed by atoms with van der Waals surface area (Å²) in [6.45, 7) is 1.52. The number of thioether (sulfide) groups is 1. The first-order valence-corrected chi connectivity index (χ1v) is 10.5. The Bertz CT molecular complexity index is 675. The van der Waals surface area contributed by atoms with Crippen LogP contribution in [0.2, 0.25) is 0 Å². The molecule has 0 aromatic heterocycles. The molecule has 1 fully saturated rings. The van der Waals surface area contributed by atoms with E-state index in [-0.39, 0.29) is 41.1 Å². The quantitative estimate of drug-likeness (QED) is 0.727. The van der Waals surface area contributed by atoms with Crippen molar-refractivity contribution in [1.29, 1.82) is 0 Å². The van der Waals surface area contributed by atoms with Gasteiger partial charge >= 0.3 is 5.97 Å². The Morgan fingerprint density at radius 1 is 1.33 bits per heavy atom. The predicted molar refractivity (Wildman–Crippen MR) is 93.5 cm³/mol. The number of ether oxygens (including phenoxy) is 1. The van der Waals surface area contributed by atoms with E-state index >= 15 is 0 Å². The average Bonchev–Trinajstić information content (AvgIpc) is 2.91. The second kappa shape index (κ2) is 8.53. The highest BCUT2D eigenvalue weighted by atomic mass is 32.2. The van der Waals surface area contributed by atoms with Crippen LogP contribution >= 0.6 is 11.8 Å². The zero-order valence-electron chi connectivity index (χ0n) is 13.4. The van der Waals surface area contributed by atoms with E-state index in [4.69, 9.17) is 4.74 Å². The Morgan fingerprint density at radius 2 is 2.04 bits per heavy atom. The fraction of sp³-hybridized carbons (Fsp3) is 0.500. The molecule has 24 heavy (non-hydrogen) atoms. The minimum atomic E-state index is -2.95. The van der Waals surface area contributed by atoms with Gasteiger partial charge in [-0.3, -0.25) is 9.59 Å². The molecule has 0 saturated carbocycles. The van der Waals surface area contributed by atoms with Crippen molar-refractivity contribution in [3.8, 4) is 0 Å². The van der Waals surface area contributed by atoms with Gasteiger partial charge < -0.3 is 10.1 Å². The molecule has 2 atom stereocenters. The van der Waals surface area contributed by atoms with Crippen molar-refractivity contribution in [3.05, 3.63) is 35.9 Å². The highest BCUT2D eigenvalue weighted by Gasteiger charge is 2.28. The van der Waals surface area contributed by atoms with Crippen LogP contribution < -0.4 is 5.32 Å². The molecule has 1 aliphatic rings. The summed E-state index contributed by atoms with van der Waals surface area (Å²) in [7, 11) is -2.95. The van der Waals surface area contributed by atoms with E-state index in [1.165, 1.54) is 11.8 Å². The Kier molecular flexibility index (Phi) is 6.68. The Balaban J connectivity index is 1.65. The van der Waals surface area contributed by atoms with Crippen LogP contribution in [0.1, 0.15) is 24.9 Å². The fourth-order valence-electron chi connectivity index (χ4n) is 2.37. The van der Waals surface area contributed by atoms with E-state index in [0.717, 1.165) is 5.56 Å². The number of benzene rings is 1. The number of hydrogen-bond donors (Lipinski definition) is 1. The van der Waals surface area contributed by atoms with Crippen molar-refractivity contribution in [2.75, 3.05) is 23.9 Å². The topological polar surface area (TPSA) is 89.5 Å². The van der Waals surface area contributed by atoms with E-state index in [2.05, 4.69) is 5.32 Å². The molecule has 132 valence electrons. The zero-order chi connectivity index (χ0) is 17.6. The number of sulfone groups is 1. The molecule has 0 unspecified atom stereocenters. The van der Waals surface area contributed by atoms with Crippen LogP contribution in [0.4, 0.5) is 0 Å². The molecule has 0 bridgehead atoms. The third kappa shape index (κ3) is 6.16. The largest absolute Gasteiger partial charge is 0.455 e. The molecule has 0 spiro atoms. The summed E-state index contributed by atoms with van der Waals surface area (Å²) in [5.41, 5.74) is 0.968. The maximum absolute atomic E-state index is 11.8. The number of nitrogens with one attached hydrogen (secondary N) is 1. The minimum absolute atomic E-state index is 0.0572. The average molecular weight is 371 g/mol. The summed E-state index contributed by atoms with van der Waals surface area (Å²) < 4.78 is 27.6. The SMILES string of the molecule is C[C@H](NC(=O)COC(=O)CS[C@@H]1CCS(=O)(=O)C1)c1ccccc1. The van der Waals surface area contributed by atoms with Crippen LogP contribution in [-0.4, -0.2) is 49.4 Å². The third-order valence-corrected chi connectivity index (χ3v) is 6.92. The minimum Gasteiger partial charge on any atom is -0.455 e. The molecular formula is C16H21NO5S2. The monoisotopic (exact) mass is 371 g/mol. The van der Waals surface area contributed by atoms with Crippen LogP contribution in [0.5, 0.6) is 0 Å². The zero-order valence-corrected chi connectivity index (χ0v) is 15.1. The molecular weight excluding hydrogens is 350 g/mol. The normalized spacial score (nSPS) is 20.3. The van der Waals surface area contributed by atoms with Crippen molar-refractivity contribution in [2.24, 2.45) is 0 Å². The first-order valence-electron chi connectivity index (χ1n) is 7.68. The van der Waals surface area contributed by atoms with Gasteiger partial charge in [-0.15, -0.1) is 11.8 Å². The van der Waals surface area contributed by atoms with E-state index < -0.39 is 15.8 Å². The van der Waals surface area contributed by atoms with Crippen LogP contribution in [0.25, 0.3) is 0 Å². The van der Waals surface area contributed by atoms with Gasteiger partial charge in [0.15, 0.2) is 16.4 Å². The highest BCUT2D eigenvalue weighted by Crippen LogP contribution is 2.24. The summed E-state index contributed by atoms with van der Waals surface area (Å²) in [4.78, 5) is 23.5. The molecule has 1 N–H and O–H groups in total. The Labute approximate surface area is 146 Å². The van der Waals surface area contributed by atoms with Gasteiger partial charge in [0.1, 0.15) is 0 Å². The lowest BCUT2D eigenvalue weighted by Crippen LogP contribution is -2.31. The number of esters is 1. The van der Waals surface area contributed by atoms with E-state index in [0.29, 0.717) is 6.42 Å². The first kappa shape index (κ1) is 18.8. The van der Waals surface area contributed by atoms with Crippen molar-refractivity contribution >= 4 is 33.5 Å². The predicted octanol–water partition coefficient (Wildman–Crippen LogP) is 1.33. The summed E-state index contributed by atoms with van der Waals surface area (Å²) in [6.07, 6.45) is 0.565. The maximum Gasteiger partial charge on any atom is 0.316 e. The summed E-state index contributed by atoms with van der Waals surface area (Å²) in [5.74, 6) is -0.527. The number of amides is 1. The molecule has 8 heteroatoms. The Morgan fingerprint density at radius 3 is 2.67 bits per heavy atom. The lowest BCUT2D eigenvalue weighted by atomic mass is 10.1. The summed E-state index contributed by atoms with van der Waals surface area (Å²) >= 11 is 1.27. The van der Waals surface area contributed by atoms with Gasteiger partial charge in [0.25, 0.3) is 5.91 Å². The van der Waals surface area contributed by atoms with Gasteiger partial charge in [-0.05, 0) is 18.9 Å². The van der Waals surface area contributed by atoms with Crippen molar-refractivity contribution in [2.45, 2.75) is 24.6 Å². The first-order chi connectivity index (χ1) is 11.4. The van der Waals surface area contributed by atoms with Crippen LogP contribution in [-0.2, 0) is 24.2 Å². The smallest absolute Gasteiger partial charge is 0.316 e. The molecule has 1 heterocycles. The van der Waals surface area contributed by atoms with Crippen molar-refractivity contribution in [3.63, 3.8) is 0 Å². The van der Waals surface area contributed by atoms with Crippen LogP contribution in [0.3, 0.4) is 0 Å². The number of rotatable bonds is 7. The van der Waals surface area contributed by atoms with E-state index in [1.54, 1.807) is 0 Å². The molecule has 1 saturated heterocycles. The summed E-state index contributed by atoms with van der Waals surface area (Å²) in [5, 5.41) is 2.70. The number of hydrogen-bond acceptors (Lipinski definition) is 6. The van der Waals surface area contributed by atoms with Crippen LogP contribution in [0.15, 0.2) is 30.3 Å². The van der Waals surface area contributed by atoms with Gasteiger partial charge in [0.2, 0.25) is 0 Å². The lowest BCUT2D eigenvalue weighted by molar-refractivity contribution is -0.146. The molecule has 1 amide bonds. The van der Waals surface area contributed by atoms with Crippen molar-refractivity contribution in [1.82, 2.24) is 5.32 Å². The standard InChI is InChI=1S/C16H21NO5S2/c1-12(13-5-3-2-4-6-13)17-15(18)9-22-16(19)10-23-14-7-8-24(20,21)11-14/h2-6,12,14H,7-11H2,1H3,(H,17,18)/t12-,14+/m0/s1. The van der Waals surface area contributed by atoms with Gasteiger partial charge in [-0.25, -0.2) is 8.42 Å². The molecule has 2 rings (SSSR count). The fourth-order valence-corrected chi connectivity index (χ4v) is 5.81. The maximum atomic E-state index is 11.8.